The number of benzene rings is 3. The SMILES string of the molecule is Cc1ccc(S(=O)(=O)OCC2COc3cccc(-c4c(C)cccc4C)c3O2)cc1. The highest BCUT2D eigenvalue weighted by Crippen LogP contribution is 2.43. The third kappa shape index (κ3) is 4.06. The van der Waals surface area contributed by atoms with Gasteiger partial charge in [-0.05, 0) is 55.7 Å². The molecule has 1 aliphatic heterocycles. The van der Waals surface area contributed by atoms with Gasteiger partial charge in [-0.15, -0.1) is 0 Å². The molecule has 4 rings (SSSR count). The first-order valence-electron chi connectivity index (χ1n) is 9.80. The zero-order valence-corrected chi connectivity index (χ0v) is 18.0. The highest BCUT2D eigenvalue weighted by molar-refractivity contribution is 7.86. The van der Waals surface area contributed by atoms with E-state index in [2.05, 4.69) is 26.0 Å². The number of para-hydroxylation sites is 1. The molecule has 1 atom stereocenters. The normalized spacial score (nSPS) is 15.8. The van der Waals surface area contributed by atoms with Gasteiger partial charge in [0.25, 0.3) is 10.1 Å². The highest BCUT2D eigenvalue weighted by atomic mass is 32.2. The third-order valence-corrected chi connectivity index (χ3v) is 6.45. The molecule has 0 fully saturated rings. The van der Waals surface area contributed by atoms with E-state index in [-0.39, 0.29) is 18.1 Å². The first-order chi connectivity index (χ1) is 14.3. The van der Waals surface area contributed by atoms with Crippen LogP contribution in [0.5, 0.6) is 11.5 Å². The molecule has 0 spiro atoms. The molecule has 0 amide bonds. The molecule has 0 radical (unpaired) electrons. The van der Waals surface area contributed by atoms with Crippen LogP contribution in [0.1, 0.15) is 16.7 Å². The molecule has 1 heterocycles. The third-order valence-electron chi connectivity index (χ3n) is 5.16. The minimum absolute atomic E-state index is 0.126. The van der Waals surface area contributed by atoms with Gasteiger partial charge in [0.1, 0.15) is 13.2 Å². The Kier molecular flexibility index (Phi) is 5.54. The van der Waals surface area contributed by atoms with Gasteiger partial charge >= 0.3 is 0 Å². The Morgan fingerprint density at radius 2 is 1.60 bits per heavy atom. The van der Waals surface area contributed by atoms with Crippen molar-refractivity contribution in [2.45, 2.75) is 31.8 Å². The van der Waals surface area contributed by atoms with Crippen molar-refractivity contribution in [2.24, 2.45) is 0 Å². The lowest BCUT2D eigenvalue weighted by Gasteiger charge is -2.28. The number of fused-ring (bicyclic) bond motifs is 1. The Bertz CT molecular complexity index is 1150. The lowest BCUT2D eigenvalue weighted by molar-refractivity contribution is 0.0561. The van der Waals surface area contributed by atoms with Crippen LogP contribution in [-0.4, -0.2) is 27.7 Å². The quantitative estimate of drug-likeness (QED) is 0.549. The molecule has 0 bridgehead atoms. The van der Waals surface area contributed by atoms with Gasteiger partial charge in [-0.3, -0.25) is 4.18 Å². The molecule has 1 aliphatic rings. The van der Waals surface area contributed by atoms with E-state index >= 15 is 0 Å². The number of rotatable bonds is 5. The molecule has 5 nitrogen and oxygen atoms in total. The van der Waals surface area contributed by atoms with E-state index < -0.39 is 16.2 Å². The van der Waals surface area contributed by atoms with Crippen molar-refractivity contribution >= 4 is 10.1 Å². The van der Waals surface area contributed by atoms with E-state index in [1.807, 2.05) is 31.2 Å². The van der Waals surface area contributed by atoms with Crippen molar-refractivity contribution in [2.75, 3.05) is 13.2 Å². The Morgan fingerprint density at radius 1 is 0.933 bits per heavy atom. The summed E-state index contributed by atoms with van der Waals surface area (Å²) in [6, 6.07) is 18.5. The second-order valence-corrected chi connectivity index (χ2v) is 9.12. The lowest BCUT2D eigenvalue weighted by Crippen LogP contribution is -2.34. The molecular formula is C24H24O5S. The molecule has 0 aromatic heterocycles. The van der Waals surface area contributed by atoms with Crippen LogP contribution in [0.4, 0.5) is 0 Å². The molecule has 3 aromatic carbocycles. The van der Waals surface area contributed by atoms with Gasteiger partial charge in [-0.2, -0.15) is 8.42 Å². The van der Waals surface area contributed by atoms with Gasteiger partial charge in [-0.1, -0.05) is 48.0 Å². The zero-order chi connectivity index (χ0) is 21.3. The average molecular weight is 425 g/mol. The summed E-state index contributed by atoms with van der Waals surface area (Å²) >= 11 is 0. The largest absolute Gasteiger partial charge is 0.486 e. The van der Waals surface area contributed by atoms with Crippen molar-refractivity contribution in [1.82, 2.24) is 0 Å². The van der Waals surface area contributed by atoms with Crippen LogP contribution in [0.2, 0.25) is 0 Å². The summed E-state index contributed by atoms with van der Waals surface area (Å²) < 4.78 is 42.3. The fourth-order valence-corrected chi connectivity index (χ4v) is 4.53. The van der Waals surface area contributed by atoms with Gasteiger partial charge in [-0.25, -0.2) is 0 Å². The van der Waals surface area contributed by atoms with Crippen LogP contribution < -0.4 is 9.47 Å². The summed E-state index contributed by atoms with van der Waals surface area (Å²) in [7, 11) is -3.87. The molecule has 3 aromatic rings. The fourth-order valence-electron chi connectivity index (χ4n) is 3.59. The van der Waals surface area contributed by atoms with Crippen LogP contribution in [0.3, 0.4) is 0 Å². The number of hydrogen-bond donors (Lipinski definition) is 0. The molecule has 0 saturated heterocycles. The Hall–Kier alpha value is -2.83. The van der Waals surface area contributed by atoms with E-state index in [1.165, 1.54) is 12.1 Å². The van der Waals surface area contributed by atoms with Crippen molar-refractivity contribution in [1.29, 1.82) is 0 Å². The van der Waals surface area contributed by atoms with Gasteiger partial charge in [0.05, 0.1) is 4.90 Å². The Labute approximate surface area is 177 Å². The molecule has 156 valence electrons. The van der Waals surface area contributed by atoms with Crippen molar-refractivity contribution < 1.29 is 22.1 Å². The second kappa shape index (κ2) is 8.13. The number of hydrogen-bond acceptors (Lipinski definition) is 5. The molecule has 0 aliphatic carbocycles. The average Bonchev–Trinajstić information content (AvgIpc) is 2.72. The summed E-state index contributed by atoms with van der Waals surface area (Å²) in [5, 5.41) is 0. The number of aryl methyl sites for hydroxylation is 3. The standard InChI is InChI=1S/C24H24O5S/c1-16-10-12-20(13-11-16)30(25,26)28-15-19-14-27-22-9-5-8-21(24(22)29-19)23-17(2)6-4-7-18(23)3/h4-13,19H,14-15H2,1-3H3. The summed E-state index contributed by atoms with van der Waals surface area (Å²) in [5.74, 6) is 1.26. The number of ether oxygens (including phenoxy) is 2. The predicted molar refractivity (Wildman–Crippen MR) is 116 cm³/mol. The van der Waals surface area contributed by atoms with E-state index in [9.17, 15) is 8.42 Å². The van der Waals surface area contributed by atoms with Crippen LogP contribution in [0.25, 0.3) is 11.1 Å². The van der Waals surface area contributed by atoms with E-state index in [0.29, 0.717) is 11.5 Å². The first kappa shape index (κ1) is 20.4. The van der Waals surface area contributed by atoms with Crippen LogP contribution in [0, 0.1) is 20.8 Å². The van der Waals surface area contributed by atoms with Crippen LogP contribution in [0.15, 0.2) is 65.6 Å². The maximum absolute atomic E-state index is 12.5. The maximum atomic E-state index is 12.5. The van der Waals surface area contributed by atoms with Gasteiger partial charge in [0, 0.05) is 5.56 Å². The molecule has 6 heteroatoms. The molecule has 30 heavy (non-hydrogen) atoms. The molecule has 0 N–H and O–H groups in total. The molecule has 1 unspecified atom stereocenters. The summed E-state index contributed by atoms with van der Waals surface area (Å²) in [4.78, 5) is 0.126. The Morgan fingerprint density at radius 3 is 2.30 bits per heavy atom. The van der Waals surface area contributed by atoms with Gasteiger partial charge < -0.3 is 9.47 Å². The van der Waals surface area contributed by atoms with E-state index in [1.54, 1.807) is 12.1 Å². The van der Waals surface area contributed by atoms with Crippen molar-refractivity contribution in [3.05, 3.63) is 77.4 Å². The molecule has 0 saturated carbocycles. The van der Waals surface area contributed by atoms with Crippen LogP contribution >= 0.6 is 0 Å². The van der Waals surface area contributed by atoms with Crippen molar-refractivity contribution in [3.63, 3.8) is 0 Å². The summed E-state index contributed by atoms with van der Waals surface area (Å²) in [6.45, 7) is 6.10. The molecular weight excluding hydrogens is 400 g/mol. The minimum atomic E-state index is -3.87. The van der Waals surface area contributed by atoms with Crippen LogP contribution in [-0.2, 0) is 14.3 Å². The lowest BCUT2D eigenvalue weighted by atomic mass is 9.94. The maximum Gasteiger partial charge on any atom is 0.297 e. The zero-order valence-electron chi connectivity index (χ0n) is 17.2. The summed E-state index contributed by atoms with van der Waals surface area (Å²) in [6.07, 6.45) is -0.539. The van der Waals surface area contributed by atoms with E-state index in [0.717, 1.165) is 27.8 Å². The topological polar surface area (TPSA) is 61.8 Å². The minimum Gasteiger partial charge on any atom is -0.486 e. The highest BCUT2D eigenvalue weighted by Gasteiger charge is 2.27. The van der Waals surface area contributed by atoms with E-state index in [4.69, 9.17) is 13.7 Å². The first-order valence-corrected chi connectivity index (χ1v) is 11.2. The summed E-state index contributed by atoms with van der Waals surface area (Å²) in [5.41, 5.74) is 5.26. The van der Waals surface area contributed by atoms with Crippen molar-refractivity contribution in [3.8, 4) is 22.6 Å². The Balaban J connectivity index is 1.56. The van der Waals surface area contributed by atoms with Gasteiger partial charge in [0.15, 0.2) is 17.6 Å². The second-order valence-electron chi connectivity index (χ2n) is 7.50. The van der Waals surface area contributed by atoms with Gasteiger partial charge in [0.2, 0.25) is 0 Å². The smallest absolute Gasteiger partial charge is 0.297 e. The monoisotopic (exact) mass is 424 g/mol. The predicted octanol–water partition coefficient (Wildman–Crippen LogP) is 4.82. The fraction of sp³-hybridized carbons (Fsp3) is 0.250.